The number of nitrogens with zero attached hydrogens (tertiary/aromatic N) is 3. The lowest BCUT2D eigenvalue weighted by Gasteiger charge is -2.63. The number of allylic oxidation sites excluding steroid dienone is 4. The molecule has 0 saturated carbocycles. The minimum Gasteiger partial charge on any atom is -0.245 e. The van der Waals surface area contributed by atoms with Crippen LogP contribution in [0.25, 0.3) is 5.69 Å². The maximum Gasteiger partial charge on any atom is 0.352 e. The van der Waals surface area contributed by atoms with E-state index in [0.717, 1.165) is 12.8 Å². The van der Waals surface area contributed by atoms with Crippen molar-refractivity contribution in [3.8, 4) is 5.69 Å². The minimum absolute atomic E-state index is 0.00565. The first-order chi connectivity index (χ1) is 12.6. The molecule has 2 aromatic rings. The predicted molar refractivity (Wildman–Crippen MR) is 98.6 cm³/mol. The summed E-state index contributed by atoms with van der Waals surface area (Å²) in [4.78, 5) is 26.5. The molecule has 1 aromatic carbocycles. The predicted octanol–water partition coefficient (Wildman–Crippen LogP) is 2.97. The normalized spacial score (nSPS) is 33.5. The number of aromatic nitrogens is 3. The molecule has 4 atom stereocenters. The van der Waals surface area contributed by atoms with Gasteiger partial charge in [-0.25, -0.2) is 23.5 Å². The molecule has 3 aliphatic carbocycles. The van der Waals surface area contributed by atoms with Gasteiger partial charge in [0, 0.05) is 11.3 Å². The highest BCUT2D eigenvalue weighted by Crippen LogP contribution is 2.68. The third kappa shape index (κ3) is 1.42. The monoisotopic (exact) mass is 347 g/mol. The summed E-state index contributed by atoms with van der Waals surface area (Å²) in [5.74, 6) is 0.372. The molecule has 7 rings (SSSR count). The van der Waals surface area contributed by atoms with Crippen LogP contribution in [0.5, 0.6) is 0 Å². The quantitative estimate of drug-likeness (QED) is 0.745. The molecule has 2 aliphatic heterocycles. The van der Waals surface area contributed by atoms with Crippen molar-refractivity contribution in [1.29, 1.82) is 0 Å². The minimum atomic E-state index is -0.218. The molecule has 0 N–H and O–H groups in total. The first kappa shape index (κ1) is 14.6. The van der Waals surface area contributed by atoms with Crippen LogP contribution >= 0.6 is 0 Å². The van der Waals surface area contributed by atoms with E-state index in [-0.39, 0.29) is 28.9 Å². The first-order valence-electron chi connectivity index (χ1n) is 9.56. The van der Waals surface area contributed by atoms with Crippen LogP contribution in [-0.2, 0) is 0 Å². The molecule has 5 nitrogen and oxygen atoms in total. The molecule has 0 amide bonds. The molecular formula is C21H21N3O2. The van der Waals surface area contributed by atoms with Crippen molar-refractivity contribution >= 4 is 0 Å². The maximum absolute atomic E-state index is 13.3. The second-order valence-corrected chi connectivity index (χ2v) is 8.22. The van der Waals surface area contributed by atoms with Crippen LogP contribution in [0.15, 0.2) is 63.2 Å². The number of benzene rings is 1. The van der Waals surface area contributed by atoms with Crippen LogP contribution in [0.3, 0.4) is 0 Å². The molecule has 0 spiro atoms. The summed E-state index contributed by atoms with van der Waals surface area (Å²) >= 11 is 0. The smallest absolute Gasteiger partial charge is 0.245 e. The van der Waals surface area contributed by atoms with E-state index < -0.39 is 0 Å². The molecule has 5 aliphatic rings. The van der Waals surface area contributed by atoms with Gasteiger partial charge < -0.3 is 0 Å². The summed E-state index contributed by atoms with van der Waals surface area (Å²) < 4.78 is 4.79. The third-order valence-corrected chi connectivity index (χ3v) is 7.20. The summed E-state index contributed by atoms with van der Waals surface area (Å²) in [6.45, 7) is 2.31. The van der Waals surface area contributed by atoms with Gasteiger partial charge in [0.15, 0.2) is 0 Å². The standard InChI is InChI=1S/C21H21N3O2/c1-21-15-10-6-5-9-14(15)18(21)16-11-12-17(21)24-20(26)22(19(25)23(16)24)13-7-3-2-4-8-13/h2-4,7-8,11-12,16-18H,5-6,9-10H2,1H3/t16-,17-,18-,21-/m1/s1. The van der Waals surface area contributed by atoms with Crippen molar-refractivity contribution < 1.29 is 0 Å². The highest BCUT2D eigenvalue weighted by molar-refractivity contribution is 5.47. The lowest BCUT2D eigenvalue weighted by atomic mass is 9.46. The zero-order chi connectivity index (χ0) is 17.6. The van der Waals surface area contributed by atoms with Gasteiger partial charge in [-0.1, -0.05) is 48.4 Å². The highest BCUT2D eigenvalue weighted by atomic mass is 16.2. The number of hydrogen-bond acceptors (Lipinski definition) is 2. The molecule has 0 radical (unpaired) electrons. The molecule has 0 saturated heterocycles. The van der Waals surface area contributed by atoms with Gasteiger partial charge in [0.25, 0.3) is 0 Å². The van der Waals surface area contributed by atoms with Crippen molar-refractivity contribution in [1.82, 2.24) is 13.9 Å². The van der Waals surface area contributed by atoms with E-state index in [1.54, 1.807) is 20.5 Å². The Hall–Kier alpha value is -2.56. The lowest BCUT2D eigenvalue weighted by molar-refractivity contribution is 0.0188. The largest absolute Gasteiger partial charge is 0.352 e. The topological polar surface area (TPSA) is 48.9 Å². The number of hydrogen-bond donors (Lipinski definition) is 0. The summed E-state index contributed by atoms with van der Waals surface area (Å²) in [6.07, 6.45) is 9.12. The zero-order valence-electron chi connectivity index (χ0n) is 14.8. The third-order valence-electron chi connectivity index (χ3n) is 7.20. The van der Waals surface area contributed by atoms with Crippen molar-refractivity contribution in [2.45, 2.75) is 44.7 Å². The SMILES string of the molecule is C[C@]12C3=C(CCCC3)[C@@H]1[C@H]1C=C[C@H]2n2c(=O)n(-c3ccccc3)c(=O)n21. The van der Waals surface area contributed by atoms with E-state index in [1.165, 1.54) is 17.4 Å². The maximum atomic E-state index is 13.3. The van der Waals surface area contributed by atoms with Gasteiger partial charge in [0.2, 0.25) is 0 Å². The average molecular weight is 347 g/mol. The summed E-state index contributed by atoms with van der Waals surface area (Å²) in [7, 11) is 0. The Labute approximate surface area is 150 Å². The van der Waals surface area contributed by atoms with Gasteiger partial charge in [0.05, 0.1) is 17.8 Å². The van der Waals surface area contributed by atoms with Crippen LogP contribution in [0.2, 0.25) is 0 Å². The molecule has 132 valence electrons. The fourth-order valence-electron chi connectivity index (χ4n) is 6.16. The van der Waals surface area contributed by atoms with Crippen LogP contribution < -0.4 is 11.4 Å². The molecule has 1 aromatic heterocycles. The molecule has 3 heterocycles. The van der Waals surface area contributed by atoms with E-state index in [1.807, 2.05) is 30.3 Å². The lowest BCUT2D eigenvalue weighted by Crippen LogP contribution is -2.60. The summed E-state index contributed by atoms with van der Waals surface area (Å²) in [6, 6.07) is 9.18. The van der Waals surface area contributed by atoms with Crippen LogP contribution in [0, 0.1) is 11.3 Å². The van der Waals surface area contributed by atoms with Crippen molar-refractivity contribution in [3.63, 3.8) is 0 Å². The first-order valence-corrected chi connectivity index (χ1v) is 9.56. The van der Waals surface area contributed by atoms with E-state index in [4.69, 9.17) is 0 Å². The Morgan fingerprint density at radius 1 is 0.962 bits per heavy atom. The van der Waals surface area contributed by atoms with Crippen LogP contribution in [0.1, 0.15) is 44.7 Å². The second kappa shape index (κ2) is 4.58. The summed E-state index contributed by atoms with van der Waals surface area (Å²) in [5, 5.41) is 0. The van der Waals surface area contributed by atoms with Gasteiger partial charge in [-0.3, -0.25) is 0 Å². The Balaban J connectivity index is 1.61. The van der Waals surface area contributed by atoms with E-state index in [0.29, 0.717) is 11.6 Å². The van der Waals surface area contributed by atoms with Crippen molar-refractivity contribution in [3.05, 3.63) is 74.6 Å². The second-order valence-electron chi connectivity index (χ2n) is 8.22. The molecular weight excluding hydrogens is 326 g/mol. The van der Waals surface area contributed by atoms with E-state index in [9.17, 15) is 9.59 Å². The van der Waals surface area contributed by atoms with E-state index in [2.05, 4.69) is 19.1 Å². The Morgan fingerprint density at radius 2 is 1.69 bits per heavy atom. The molecule has 0 fully saturated rings. The summed E-state index contributed by atoms with van der Waals surface area (Å²) in [5.41, 5.74) is 3.33. The van der Waals surface area contributed by atoms with Gasteiger partial charge in [-0.15, -0.1) is 0 Å². The number of para-hydroxylation sites is 1. The molecule has 26 heavy (non-hydrogen) atoms. The van der Waals surface area contributed by atoms with E-state index >= 15 is 0 Å². The van der Waals surface area contributed by atoms with Gasteiger partial charge in [-0.05, 0) is 37.8 Å². The van der Waals surface area contributed by atoms with Crippen molar-refractivity contribution in [2.24, 2.45) is 11.3 Å². The highest BCUT2D eigenvalue weighted by Gasteiger charge is 2.63. The van der Waals surface area contributed by atoms with Gasteiger partial charge >= 0.3 is 11.4 Å². The van der Waals surface area contributed by atoms with Crippen LogP contribution in [0.4, 0.5) is 0 Å². The Bertz CT molecular complexity index is 1110. The molecule has 0 unspecified atom stereocenters. The zero-order valence-corrected chi connectivity index (χ0v) is 14.8. The molecule has 2 bridgehead atoms. The fourth-order valence-corrected chi connectivity index (χ4v) is 6.16. The van der Waals surface area contributed by atoms with Gasteiger partial charge in [-0.2, -0.15) is 0 Å². The Kier molecular flexibility index (Phi) is 2.57. The average Bonchev–Trinajstić information content (AvgIpc) is 2.94. The fraction of sp³-hybridized carbons (Fsp3) is 0.429. The number of rotatable bonds is 1. The van der Waals surface area contributed by atoms with Crippen LogP contribution in [-0.4, -0.2) is 13.9 Å². The molecule has 5 heteroatoms. The van der Waals surface area contributed by atoms with Crippen molar-refractivity contribution in [2.75, 3.05) is 0 Å². The Morgan fingerprint density at radius 3 is 2.50 bits per heavy atom. The van der Waals surface area contributed by atoms with Gasteiger partial charge in [0.1, 0.15) is 0 Å².